The molecule has 5 nitrogen and oxygen atoms in total. The highest BCUT2D eigenvalue weighted by Gasteiger charge is 2.29. The quantitative estimate of drug-likeness (QED) is 0.864. The molecule has 20 heavy (non-hydrogen) atoms. The molecule has 5 heteroatoms. The maximum Gasteiger partial charge on any atom is 0.268 e. The Kier molecular flexibility index (Phi) is 3.70. The minimum absolute atomic E-state index is 0.0182. The van der Waals surface area contributed by atoms with Crippen molar-refractivity contribution in [1.82, 2.24) is 9.88 Å². The molecule has 3 rings (SSSR count). The molecular formula is C15H23N3O2. The van der Waals surface area contributed by atoms with Crippen molar-refractivity contribution in [3.8, 4) is 0 Å². The van der Waals surface area contributed by atoms with Crippen LogP contribution in [-0.4, -0.2) is 29.7 Å². The van der Waals surface area contributed by atoms with E-state index in [0.717, 1.165) is 32.3 Å². The van der Waals surface area contributed by atoms with Crippen molar-refractivity contribution in [3.05, 3.63) is 18.0 Å². The van der Waals surface area contributed by atoms with Gasteiger partial charge in [-0.2, -0.15) is 0 Å². The number of nitrogens with two attached hydrogens (primary N) is 1. The Morgan fingerprint density at radius 2 is 2.30 bits per heavy atom. The topological polar surface area (TPSA) is 69.3 Å². The third-order valence-electron chi connectivity index (χ3n) is 4.32. The summed E-state index contributed by atoms with van der Waals surface area (Å²) in [6.07, 6.45) is 6.48. The molecular weight excluding hydrogens is 254 g/mol. The van der Waals surface area contributed by atoms with Crippen LogP contribution in [0.25, 0.3) is 0 Å². The average molecular weight is 277 g/mol. The Morgan fingerprint density at radius 1 is 1.50 bits per heavy atom. The smallest absolute Gasteiger partial charge is 0.268 e. The first-order valence-electron chi connectivity index (χ1n) is 7.56. The van der Waals surface area contributed by atoms with Crippen LogP contribution in [0.1, 0.15) is 49.1 Å². The van der Waals surface area contributed by atoms with Crippen molar-refractivity contribution in [2.24, 2.45) is 5.92 Å². The Labute approximate surface area is 119 Å². The zero-order valence-electron chi connectivity index (χ0n) is 12.0. The first-order valence-corrected chi connectivity index (χ1v) is 7.56. The zero-order valence-corrected chi connectivity index (χ0v) is 12.0. The van der Waals surface area contributed by atoms with Gasteiger partial charge in [0, 0.05) is 31.3 Å². The fraction of sp³-hybridized carbons (Fsp3) is 0.667. The fourth-order valence-electron chi connectivity index (χ4n) is 3.03. The number of rotatable bonds is 5. The third-order valence-corrected chi connectivity index (χ3v) is 4.32. The van der Waals surface area contributed by atoms with Crippen molar-refractivity contribution in [2.75, 3.05) is 18.9 Å². The van der Waals surface area contributed by atoms with Crippen molar-refractivity contribution in [1.29, 1.82) is 0 Å². The number of hydrogen-bond donors (Lipinski definition) is 2. The van der Waals surface area contributed by atoms with Gasteiger partial charge in [0.15, 0.2) is 0 Å². The largest absolute Gasteiger partial charge is 0.397 e. The van der Waals surface area contributed by atoms with Crippen molar-refractivity contribution >= 4 is 11.6 Å². The Hall–Kier alpha value is -1.49. The lowest BCUT2D eigenvalue weighted by molar-refractivity contribution is 0.0823. The van der Waals surface area contributed by atoms with Gasteiger partial charge in [-0.05, 0) is 31.7 Å². The lowest BCUT2D eigenvalue weighted by atomic mass is 10.00. The summed E-state index contributed by atoms with van der Waals surface area (Å²) in [7, 11) is 0. The predicted octanol–water partition coefficient (Wildman–Crippen LogP) is 1.95. The fourth-order valence-corrected chi connectivity index (χ4v) is 3.03. The number of aromatic nitrogens is 1. The number of carbonyl (C=O) groups is 1. The normalized spacial score (nSPS) is 25.9. The summed E-state index contributed by atoms with van der Waals surface area (Å²) in [6.45, 7) is 3.63. The van der Waals surface area contributed by atoms with Crippen LogP contribution >= 0.6 is 0 Å². The van der Waals surface area contributed by atoms with Crippen molar-refractivity contribution < 1.29 is 9.53 Å². The van der Waals surface area contributed by atoms with Crippen LogP contribution in [0.5, 0.6) is 0 Å². The van der Waals surface area contributed by atoms with E-state index < -0.39 is 0 Å². The Bertz CT molecular complexity index is 493. The van der Waals surface area contributed by atoms with Crippen molar-refractivity contribution in [3.63, 3.8) is 0 Å². The second kappa shape index (κ2) is 5.48. The maximum atomic E-state index is 12.3. The van der Waals surface area contributed by atoms with Gasteiger partial charge in [0.1, 0.15) is 5.69 Å². The third kappa shape index (κ3) is 2.68. The highest BCUT2D eigenvalue weighted by atomic mass is 16.5. The van der Waals surface area contributed by atoms with Gasteiger partial charge < -0.3 is 20.4 Å². The van der Waals surface area contributed by atoms with Gasteiger partial charge >= 0.3 is 0 Å². The summed E-state index contributed by atoms with van der Waals surface area (Å²) in [6, 6.07) is 2.24. The van der Waals surface area contributed by atoms with Crippen LogP contribution in [0.4, 0.5) is 5.69 Å². The molecule has 1 amide bonds. The molecule has 3 N–H and O–H groups in total. The molecule has 110 valence electrons. The number of nitrogens with zero attached hydrogens (tertiary/aromatic N) is 1. The second-order valence-corrected chi connectivity index (χ2v) is 5.87. The van der Waals surface area contributed by atoms with Gasteiger partial charge in [0.2, 0.25) is 0 Å². The van der Waals surface area contributed by atoms with Gasteiger partial charge in [-0.3, -0.25) is 4.79 Å². The summed E-state index contributed by atoms with van der Waals surface area (Å²) in [5.41, 5.74) is 7.18. The molecule has 1 aromatic rings. The average Bonchev–Trinajstić information content (AvgIpc) is 3.06. The molecule has 1 aromatic heterocycles. The van der Waals surface area contributed by atoms with E-state index >= 15 is 0 Å². The first-order chi connectivity index (χ1) is 9.69. The predicted molar refractivity (Wildman–Crippen MR) is 77.6 cm³/mol. The molecule has 0 bridgehead atoms. The van der Waals surface area contributed by atoms with Crippen LogP contribution in [0, 0.1) is 5.92 Å². The molecule has 1 aliphatic carbocycles. The lowest BCUT2D eigenvalue weighted by Gasteiger charge is -2.17. The Balaban J connectivity index is 1.61. The molecule has 0 aromatic carbocycles. The van der Waals surface area contributed by atoms with E-state index in [1.807, 2.05) is 10.8 Å². The van der Waals surface area contributed by atoms with Crippen LogP contribution in [-0.2, 0) is 4.74 Å². The molecule has 0 radical (unpaired) electrons. The molecule has 2 atom stereocenters. The van der Waals surface area contributed by atoms with Gasteiger partial charge in [0.05, 0.1) is 11.8 Å². The van der Waals surface area contributed by atoms with E-state index in [9.17, 15) is 4.79 Å². The van der Waals surface area contributed by atoms with Gasteiger partial charge in [0.25, 0.3) is 5.91 Å². The second-order valence-electron chi connectivity index (χ2n) is 5.87. The van der Waals surface area contributed by atoms with E-state index in [0.29, 0.717) is 29.9 Å². The van der Waals surface area contributed by atoms with E-state index in [-0.39, 0.29) is 12.0 Å². The summed E-state index contributed by atoms with van der Waals surface area (Å²) in [4.78, 5) is 12.3. The summed E-state index contributed by atoms with van der Waals surface area (Å²) in [5, 5.41) is 3.05. The Morgan fingerprint density at radius 3 is 3.00 bits per heavy atom. The molecule has 1 saturated carbocycles. The number of anilines is 1. The standard InChI is InChI=1S/C15H23N3O2/c1-2-14-10(5-6-20-14)8-17-15(19)13-7-11(16)9-18(13)12-3-4-12/h7,9-10,12,14H,2-6,8,16H2,1H3,(H,17,19). The monoisotopic (exact) mass is 277 g/mol. The minimum atomic E-state index is -0.0182. The van der Waals surface area contributed by atoms with Crippen LogP contribution in [0.3, 0.4) is 0 Å². The summed E-state index contributed by atoms with van der Waals surface area (Å²) >= 11 is 0. The number of nitrogens with one attached hydrogen (secondary N) is 1. The van der Waals surface area contributed by atoms with E-state index in [1.165, 1.54) is 0 Å². The SMILES string of the molecule is CCC1OCCC1CNC(=O)c1cc(N)cn1C1CC1. The van der Waals surface area contributed by atoms with Crippen LogP contribution in [0.2, 0.25) is 0 Å². The number of carbonyl (C=O) groups excluding carboxylic acids is 1. The van der Waals surface area contributed by atoms with Crippen molar-refractivity contribution in [2.45, 2.75) is 44.8 Å². The number of hydrogen-bond acceptors (Lipinski definition) is 3. The molecule has 2 aliphatic rings. The number of nitrogen functional groups attached to an aromatic ring is 1. The highest BCUT2D eigenvalue weighted by molar-refractivity contribution is 5.93. The van der Waals surface area contributed by atoms with E-state index in [4.69, 9.17) is 10.5 Å². The van der Waals surface area contributed by atoms with E-state index in [1.54, 1.807) is 6.07 Å². The van der Waals surface area contributed by atoms with Crippen LogP contribution in [0.15, 0.2) is 12.3 Å². The first kappa shape index (κ1) is 13.5. The molecule has 1 saturated heterocycles. The van der Waals surface area contributed by atoms with Gasteiger partial charge in [-0.25, -0.2) is 0 Å². The molecule has 0 spiro atoms. The molecule has 2 unspecified atom stereocenters. The molecule has 2 fully saturated rings. The lowest BCUT2D eigenvalue weighted by Crippen LogP contribution is -2.33. The highest BCUT2D eigenvalue weighted by Crippen LogP contribution is 2.37. The zero-order chi connectivity index (χ0) is 14.1. The van der Waals surface area contributed by atoms with Crippen LogP contribution < -0.4 is 11.1 Å². The van der Waals surface area contributed by atoms with E-state index in [2.05, 4.69) is 12.2 Å². The number of ether oxygens (including phenoxy) is 1. The number of amides is 1. The summed E-state index contributed by atoms with van der Waals surface area (Å²) in [5.74, 6) is 0.418. The molecule has 2 heterocycles. The molecule has 1 aliphatic heterocycles. The summed E-state index contributed by atoms with van der Waals surface area (Å²) < 4.78 is 7.67. The maximum absolute atomic E-state index is 12.3. The van der Waals surface area contributed by atoms with Gasteiger partial charge in [-0.15, -0.1) is 0 Å². The minimum Gasteiger partial charge on any atom is -0.397 e. The van der Waals surface area contributed by atoms with Gasteiger partial charge in [-0.1, -0.05) is 6.92 Å².